The Labute approximate surface area is 115 Å². The van der Waals surface area contributed by atoms with Crippen LogP contribution in [0.15, 0.2) is 4.99 Å². The SMILES string of the molecule is Cl.NC1=NC(C(=O)OC2CCCCC2)CCCC1. The largest absolute Gasteiger partial charge is 0.461 e. The van der Waals surface area contributed by atoms with E-state index in [0.29, 0.717) is 5.84 Å². The minimum Gasteiger partial charge on any atom is -0.461 e. The molecule has 104 valence electrons. The number of rotatable bonds is 2. The summed E-state index contributed by atoms with van der Waals surface area (Å²) in [6.07, 6.45) is 9.40. The van der Waals surface area contributed by atoms with Crippen molar-refractivity contribution in [1.82, 2.24) is 0 Å². The van der Waals surface area contributed by atoms with Crippen LogP contribution in [0.25, 0.3) is 0 Å². The first kappa shape index (κ1) is 15.3. The van der Waals surface area contributed by atoms with Crippen LogP contribution in [-0.2, 0) is 9.53 Å². The highest BCUT2D eigenvalue weighted by atomic mass is 35.5. The molecule has 0 aromatic rings. The quantitative estimate of drug-likeness (QED) is 0.787. The maximum Gasteiger partial charge on any atom is 0.331 e. The molecule has 0 aromatic heterocycles. The molecule has 0 saturated heterocycles. The predicted molar refractivity (Wildman–Crippen MR) is 74.1 cm³/mol. The first-order valence-corrected chi connectivity index (χ1v) is 6.78. The van der Waals surface area contributed by atoms with Crippen molar-refractivity contribution < 1.29 is 9.53 Å². The Hall–Kier alpha value is -0.770. The molecule has 1 aliphatic carbocycles. The number of esters is 1. The second-order valence-electron chi connectivity index (χ2n) is 5.08. The van der Waals surface area contributed by atoms with Crippen LogP contribution in [0.3, 0.4) is 0 Å². The number of hydrogen-bond donors (Lipinski definition) is 1. The zero-order valence-corrected chi connectivity index (χ0v) is 11.6. The van der Waals surface area contributed by atoms with Crippen LogP contribution >= 0.6 is 12.4 Å². The van der Waals surface area contributed by atoms with Gasteiger partial charge in [0.15, 0.2) is 0 Å². The summed E-state index contributed by atoms with van der Waals surface area (Å²) in [4.78, 5) is 16.2. The van der Waals surface area contributed by atoms with Gasteiger partial charge < -0.3 is 10.5 Å². The van der Waals surface area contributed by atoms with E-state index < -0.39 is 0 Å². The molecule has 1 aliphatic heterocycles. The molecule has 5 heteroatoms. The van der Waals surface area contributed by atoms with E-state index in [0.717, 1.165) is 38.5 Å². The number of nitrogens with zero attached hydrogens (tertiary/aromatic N) is 1. The first-order valence-electron chi connectivity index (χ1n) is 6.78. The van der Waals surface area contributed by atoms with Gasteiger partial charge in [0.2, 0.25) is 0 Å². The van der Waals surface area contributed by atoms with E-state index in [4.69, 9.17) is 10.5 Å². The van der Waals surface area contributed by atoms with Gasteiger partial charge in [-0.15, -0.1) is 12.4 Å². The average molecular weight is 275 g/mol. The molecular weight excluding hydrogens is 252 g/mol. The number of aliphatic imine (C=N–C) groups is 1. The van der Waals surface area contributed by atoms with Crippen molar-refractivity contribution in [2.45, 2.75) is 69.9 Å². The second-order valence-corrected chi connectivity index (χ2v) is 5.08. The number of carbonyl (C=O) groups excluding carboxylic acids is 1. The van der Waals surface area contributed by atoms with Crippen molar-refractivity contribution in [3.8, 4) is 0 Å². The summed E-state index contributed by atoms with van der Waals surface area (Å²) < 4.78 is 5.53. The van der Waals surface area contributed by atoms with Gasteiger partial charge in [0, 0.05) is 6.42 Å². The van der Waals surface area contributed by atoms with E-state index in [1.807, 2.05) is 0 Å². The molecule has 0 bridgehead atoms. The fourth-order valence-corrected chi connectivity index (χ4v) is 2.57. The minimum absolute atomic E-state index is 0. The van der Waals surface area contributed by atoms with Crippen LogP contribution in [-0.4, -0.2) is 24.0 Å². The summed E-state index contributed by atoms with van der Waals surface area (Å²) in [7, 11) is 0. The normalized spacial score (nSPS) is 25.6. The predicted octanol–water partition coefficient (Wildman–Crippen LogP) is 2.58. The molecule has 2 aliphatic rings. The van der Waals surface area contributed by atoms with E-state index in [1.165, 1.54) is 19.3 Å². The van der Waals surface area contributed by atoms with Crippen molar-refractivity contribution >= 4 is 24.2 Å². The molecule has 0 radical (unpaired) electrons. The highest BCUT2D eigenvalue weighted by Crippen LogP contribution is 2.22. The molecule has 2 N–H and O–H groups in total. The van der Waals surface area contributed by atoms with Crippen LogP contribution in [0.2, 0.25) is 0 Å². The van der Waals surface area contributed by atoms with Crippen LogP contribution in [0, 0.1) is 0 Å². The minimum atomic E-state index is -0.348. The fraction of sp³-hybridized carbons (Fsp3) is 0.846. The van der Waals surface area contributed by atoms with Crippen LogP contribution in [0.5, 0.6) is 0 Å². The monoisotopic (exact) mass is 274 g/mol. The Kier molecular flexibility index (Phi) is 6.47. The average Bonchev–Trinajstić information content (AvgIpc) is 2.55. The lowest BCUT2D eigenvalue weighted by atomic mass is 9.98. The van der Waals surface area contributed by atoms with Crippen molar-refractivity contribution in [1.29, 1.82) is 0 Å². The molecule has 2 rings (SSSR count). The molecule has 1 unspecified atom stereocenters. The standard InChI is InChI=1S/C13H22N2O2.ClH/c14-12-9-5-4-8-11(15-12)13(16)17-10-6-2-1-3-7-10;/h10-11H,1-9H2,(H2,14,15);1H. The smallest absolute Gasteiger partial charge is 0.331 e. The molecular formula is C13H23ClN2O2. The summed E-state index contributed by atoms with van der Waals surface area (Å²) in [5.41, 5.74) is 5.74. The van der Waals surface area contributed by atoms with E-state index in [1.54, 1.807) is 0 Å². The van der Waals surface area contributed by atoms with Gasteiger partial charge in [0.05, 0.1) is 5.84 Å². The highest BCUT2D eigenvalue weighted by molar-refractivity contribution is 5.85. The molecule has 1 saturated carbocycles. The fourth-order valence-electron chi connectivity index (χ4n) is 2.57. The van der Waals surface area contributed by atoms with E-state index in [2.05, 4.69) is 4.99 Å². The van der Waals surface area contributed by atoms with Gasteiger partial charge in [-0.05, 0) is 38.5 Å². The lowest BCUT2D eigenvalue weighted by Gasteiger charge is -2.23. The van der Waals surface area contributed by atoms with Gasteiger partial charge in [-0.3, -0.25) is 4.99 Å². The van der Waals surface area contributed by atoms with Gasteiger partial charge >= 0.3 is 5.97 Å². The van der Waals surface area contributed by atoms with Gasteiger partial charge in [0.1, 0.15) is 12.1 Å². The van der Waals surface area contributed by atoms with Crippen molar-refractivity contribution in [2.75, 3.05) is 0 Å². The maximum absolute atomic E-state index is 12.0. The highest BCUT2D eigenvalue weighted by Gasteiger charge is 2.25. The third-order valence-electron chi connectivity index (χ3n) is 3.59. The van der Waals surface area contributed by atoms with Crippen molar-refractivity contribution in [2.24, 2.45) is 10.7 Å². The van der Waals surface area contributed by atoms with Gasteiger partial charge in [-0.25, -0.2) is 4.79 Å². The Morgan fingerprint density at radius 3 is 2.50 bits per heavy atom. The Morgan fingerprint density at radius 2 is 1.78 bits per heavy atom. The summed E-state index contributed by atoms with van der Waals surface area (Å²) in [5, 5.41) is 0. The number of hydrogen-bond acceptors (Lipinski definition) is 4. The lowest BCUT2D eigenvalue weighted by molar-refractivity contribution is -0.152. The van der Waals surface area contributed by atoms with E-state index >= 15 is 0 Å². The maximum atomic E-state index is 12.0. The molecule has 18 heavy (non-hydrogen) atoms. The van der Waals surface area contributed by atoms with E-state index in [9.17, 15) is 4.79 Å². The second kappa shape index (κ2) is 7.62. The molecule has 0 aromatic carbocycles. The Morgan fingerprint density at radius 1 is 1.11 bits per heavy atom. The summed E-state index contributed by atoms with van der Waals surface area (Å²) in [6, 6.07) is -0.348. The Bertz CT molecular complexity index is 301. The zero-order chi connectivity index (χ0) is 12.1. The number of ether oxygens (including phenoxy) is 1. The molecule has 1 atom stereocenters. The lowest BCUT2D eigenvalue weighted by Crippen LogP contribution is -2.29. The molecule has 0 amide bonds. The molecule has 0 spiro atoms. The van der Waals surface area contributed by atoms with Gasteiger partial charge in [-0.1, -0.05) is 12.8 Å². The number of amidine groups is 1. The van der Waals surface area contributed by atoms with Crippen LogP contribution in [0.1, 0.15) is 57.8 Å². The van der Waals surface area contributed by atoms with Gasteiger partial charge in [-0.2, -0.15) is 0 Å². The van der Waals surface area contributed by atoms with Crippen LogP contribution < -0.4 is 5.73 Å². The molecule has 1 fully saturated rings. The number of nitrogens with two attached hydrogens (primary N) is 1. The first-order chi connectivity index (χ1) is 8.25. The number of halogens is 1. The summed E-state index contributed by atoms with van der Waals surface area (Å²) >= 11 is 0. The van der Waals surface area contributed by atoms with Crippen molar-refractivity contribution in [3.63, 3.8) is 0 Å². The third-order valence-corrected chi connectivity index (χ3v) is 3.59. The molecule has 4 nitrogen and oxygen atoms in total. The van der Waals surface area contributed by atoms with E-state index in [-0.39, 0.29) is 30.5 Å². The van der Waals surface area contributed by atoms with Crippen LogP contribution in [0.4, 0.5) is 0 Å². The Balaban J connectivity index is 0.00000162. The van der Waals surface area contributed by atoms with Gasteiger partial charge in [0.25, 0.3) is 0 Å². The topological polar surface area (TPSA) is 64.7 Å². The van der Waals surface area contributed by atoms with Crippen molar-refractivity contribution in [3.05, 3.63) is 0 Å². The number of carbonyl (C=O) groups is 1. The third kappa shape index (κ3) is 4.48. The zero-order valence-electron chi connectivity index (χ0n) is 10.8. The molecule has 1 heterocycles. The summed E-state index contributed by atoms with van der Waals surface area (Å²) in [6.45, 7) is 0. The summed E-state index contributed by atoms with van der Waals surface area (Å²) in [5.74, 6) is 0.440.